The van der Waals surface area contributed by atoms with Gasteiger partial charge in [0.1, 0.15) is 0 Å². The number of aromatic amines is 1. The molecule has 0 bridgehead atoms. The molecule has 0 saturated heterocycles. The molecule has 0 aliphatic heterocycles. The number of fused-ring (bicyclic) bond motifs is 1. The number of aromatic nitrogens is 1. The number of aldehydes is 1. The first-order valence-corrected chi connectivity index (χ1v) is 5.20. The summed E-state index contributed by atoms with van der Waals surface area (Å²) in [5.74, 6) is -0.110. The highest BCUT2D eigenvalue weighted by Crippen LogP contribution is 2.25. The van der Waals surface area contributed by atoms with Gasteiger partial charge in [-0.3, -0.25) is 9.59 Å². The fraction of sp³-hybridized carbons (Fsp3) is 0.0909. The molecule has 0 amide bonds. The lowest BCUT2D eigenvalue weighted by Crippen LogP contribution is -1.95. The summed E-state index contributed by atoms with van der Waals surface area (Å²) in [7, 11) is 0. The molecule has 0 saturated carbocycles. The molecule has 0 unspecified atom stereocenters. The van der Waals surface area contributed by atoms with Crippen molar-refractivity contribution in [3.63, 3.8) is 0 Å². The Balaban J connectivity index is 2.88. The number of ketones is 1. The third kappa shape index (κ3) is 1.61. The van der Waals surface area contributed by atoms with E-state index in [0.29, 0.717) is 17.5 Å². The highest BCUT2D eigenvalue weighted by Gasteiger charge is 2.14. The summed E-state index contributed by atoms with van der Waals surface area (Å²) in [6.45, 7) is 1.45. The number of nitrogens with one attached hydrogen (secondary N) is 1. The zero-order chi connectivity index (χ0) is 11.0. The molecule has 1 heterocycles. The van der Waals surface area contributed by atoms with Crippen molar-refractivity contribution in [3.8, 4) is 0 Å². The average Bonchev–Trinajstić information content (AvgIpc) is 2.55. The fourth-order valence-electron chi connectivity index (χ4n) is 1.65. The standard InChI is InChI=1S/C11H8BrNO2/c1-6(15)11-8-4-7(12)2-3-9(8)13-10(11)5-14/h2-5,13H,1H3. The van der Waals surface area contributed by atoms with Crippen LogP contribution in [0.1, 0.15) is 27.8 Å². The first-order chi connectivity index (χ1) is 7.13. The maximum absolute atomic E-state index is 11.4. The van der Waals surface area contributed by atoms with Gasteiger partial charge in [0.2, 0.25) is 0 Å². The van der Waals surface area contributed by atoms with Gasteiger partial charge in [-0.2, -0.15) is 0 Å². The maximum atomic E-state index is 11.4. The van der Waals surface area contributed by atoms with Crippen LogP contribution in [0.25, 0.3) is 10.9 Å². The molecule has 1 aromatic heterocycles. The van der Waals surface area contributed by atoms with Crippen molar-refractivity contribution in [1.29, 1.82) is 0 Å². The van der Waals surface area contributed by atoms with Crippen molar-refractivity contribution < 1.29 is 9.59 Å². The number of rotatable bonds is 2. The van der Waals surface area contributed by atoms with Crippen LogP contribution in [-0.4, -0.2) is 17.1 Å². The van der Waals surface area contributed by atoms with E-state index >= 15 is 0 Å². The van der Waals surface area contributed by atoms with E-state index in [1.807, 2.05) is 18.2 Å². The minimum atomic E-state index is -0.110. The first kappa shape index (κ1) is 10.1. The van der Waals surface area contributed by atoms with Crippen molar-refractivity contribution >= 4 is 38.9 Å². The molecule has 0 atom stereocenters. The third-order valence-electron chi connectivity index (χ3n) is 2.26. The van der Waals surface area contributed by atoms with E-state index in [4.69, 9.17) is 0 Å². The Morgan fingerprint density at radius 3 is 2.80 bits per heavy atom. The van der Waals surface area contributed by atoms with Gasteiger partial charge in [0.25, 0.3) is 0 Å². The van der Waals surface area contributed by atoms with Gasteiger partial charge < -0.3 is 4.98 Å². The van der Waals surface area contributed by atoms with Gasteiger partial charge in [0, 0.05) is 15.4 Å². The first-order valence-electron chi connectivity index (χ1n) is 4.41. The Labute approximate surface area is 94.6 Å². The van der Waals surface area contributed by atoms with Crippen LogP contribution in [0.2, 0.25) is 0 Å². The lowest BCUT2D eigenvalue weighted by molar-refractivity contribution is 0.101. The van der Waals surface area contributed by atoms with Crippen molar-refractivity contribution in [2.24, 2.45) is 0 Å². The molecule has 1 N–H and O–H groups in total. The second-order valence-electron chi connectivity index (χ2n) is 3.28. The van der Waals surface area contributed by atoms with Crippen molar-refractivity contribution in [2.45, 2.75) is 6.92 Å². The lowest BCUT2D eigenvalue weighted by Gasteiger charge is -1.94. The van der Waals surface area contributed by atoms with Crippen LogP contribution in [0.15, 0.2) is 22.7 Å². The number of carbonyl (C=O) groups is 2. The summed E-state index contributed by atoms with van der Waals surface area (Å²) in [6, 6.07) is 5.52. The molecule has 15 heavy (non-hydrogen) atoms. The van der Waals surface area contributed by atoms with Crippen molar-refractivity contribution in [1.82, 2.24) is 4.98 Å². The molecule has 3 nitrogen and oxygen atoms in total. The summed E-state index contributed by atoms with van der Waals surface area (Å²) in [4.78, 5) is 25.1. The van der Waals surface area contributed by atoms with Gasteiger partial charge in [-0.05, 0) is 25.1 Å². The number of benzene rings is 1. The number of H-pyrrole nitrogens is 1. The third-order valence-corrected chi connectivity index (χ3v) is 2.75. The van der Waals surface area contributed by atoms with E-state index in [1.54, 1.807) is 0 Å². The molecule has 1 aromatic carbocycles. The lowest BCUT2D eigenvalue weighted by atomic mass is 10.1. The normalized spacial score (nSPS) is 10.5. The highest BCUT2D eigenvalue weighted by atomic mass is 79.9. The predicted octanol–water partition coefficient (Wildman–Crippen LogP) is 2.95. The molecule has 0 radical (unpaired) electrons. The van der Waals surface area contributed by atoms with E-state index in [2.05, 4.69) is 20.9 Å². The van der Waals surface area contributed by atoms with E-state index in [1.165, 1.54) is 6.92 Å². The summed E-state index contributed by atoms with van der Waals surface area (Å²) < 4.78 is 0.883. The van der Waals surface area contributed by atoms with Gasteiger partial charge in [-0.15, -0.1) is 0 Å². The van der Waals surface area contributed by atoms with Crippen LogP contribution in [0.3, 0.4) is 0 Å². The minimum Gasteiger partial charge on any atom is -0.352 e. The molecule has 0 fully saturated rings. The Kier molecular flexibility index (Phi) is 2.44. The molecule has 2 rings (SSSR count). The second-order valence-corrected chi connectivity index (χ2v) is 4.19. The Hall–Kier alpha value is -1.42. The molecule has 0 aliphatic rings. The van der Waals surface area contributed by atoms with E-state index < -0.39 is 0 Å². The summed E-state index contributed by atoms with van der Waals surface area (Å²) in [6.07, 6.45) is 0.671. The van der Waals surface area contributed by atoms with Crippen LogP contribution in [0.4, 0.5) is 0 Å². The number of hydrogen-bond donors (Lipinski definition) is 1. The molecular weight excluding hydrogens is 258 g/mol. The molecule has 0 spiro atoms. The predicted molar refractivity (Wildman–Crippen MR) is 61.4 cm³/mol. The summed E-state index contributed by atoms with van der Waals surface area (Å²) >= 11 is 3.33. The van der Waals surface area contributed by atoms with Gasteiger partial charge in [-0.1, -0.05) is 15.9 Å². The topological polar surface area (TPSA) is 49.9 Å². The smallest absolute Gasteiger partial charge is 0.167 e. The molecule has 76 valence electrons. The average molecular weight is 266 g/mol. The van der Waals surface area contributed by atoms with Crippen LogP contribution >= 0.6 is 15.9 Å². The van der Waals surface area contributed by atoms with Crippen LogP contribution in [0, 0.1) is 0 Å². The zero-order valence-electron chi connectivity index (χ0n) is 8.00. The van der Waals surface area contributed by atoms with Gasteiger partial charge >= 0.3 is 0 Å². The van der Waals surface area contributed by atoms with Crippen LogP contribution in [-0.2, 0) is 0 Å². The summed E-state index contributed by atoms with van der Waals surface area (Å²) in [5.41, 5.74) is 1.60. The number of hydrogen-bond acceptors (Lipinski definition) is 2. The Morgan fingerprint density at radius 2 is 2.20 bits per heavy atom. The molecule has 0 aliphatic carbocycles. The summed E-state index contributed by atoms with van der Waals surface area (Å²) in [5, 5.41) is 0.777. The number of halogens is 1. The van der Waals surface area contributed by atoms with Gasteiger partial charge in [0.15, 0.2) is 12.1 Å². The molecule has 2 aromatic rings. The number of carbonyl (C=O) groups excluding carboxylic acids is 2. The molecular formula is C11H8BrNO2. The highest BCUT2D eigenvalue weighted by molar-refractivity contribution is 9.10. The van der Waals surface area contributed by atoms with Gasteiger partial charge in [0.05, 0.1) is 11.3 Å². The van der Waals surface area contributed by atoms with Crippen LogP contribution in [0.5, 0.6) is 0 Å². The Bertz CT molecular complexity index is 557. The minimum absolute atomic E-state index is 0.110. The van der Waals surface area contributed by atoms with E-state index in [9.17, 15) is 9.59 Å². The van der Waals surface area contributed by atoms with Crippen LogP contribution < -0.4 is 0 Å². The zero-order valence-corrected chi connectivity index (χ0v) is 9.59. The molecule has 4 heteroatoms. The second kappa shape index (κ2) is 3.62. The largest absolute Gasteiger partial charge is 0.352 e. The van der Waals surface area contributed by atoms with E-state index in [0.717, 1.165) is 15.4 Å². The quantitative estimate of drug-likeness (QED) is 0.671. The Morgan fingerprint density at radius 1 is 1.47 bits per heavy atom. The van der Waals surface area contributed by atoms with E-state index in [-0.39, 0.29) is 5.78 Å². The monoisotopic (exact) mass is 265 g/mol. The number of Topliss-reactive ketones (excluding diaryl/α,β-unsaturated/α-hetero) is 1. The van der Waals surface area contributed by atoms with Crippen molar-refractivity contribution in [3.05, 3.63) is 33.9 Å². The van der Waals surface area contributed by atoms with Crippen molar-refractivity contribution in [2.75, 3.05) is 0 Å². The maximum Gasteiger partial charge on any atom is 0.167 e. The van der Waals surface area contributed by atoms with Gasteiger partial charge in [-0.25, -0.2) is 0 Å². The SMILES string of the molecule is CC(=O)c1c(C=O)[nH]c2ccc(Br)cc12. The fourth-order valence-corrected chi connectivity index (χ4v) is 2.01.